The maximum Gasteiger partial charge on any atom is 0.417 e. The molecule has 7 nitrogen and oxygen atoms in total. The molecule has 2 aliphatic heterocycles. The van der Waals surface area contributed by atoms with Gasteiger partial charge in [-0.05, 0) is 49.6 Å². The number of nitrogens with one attached hydrogen (secondary N) is 1. The minimum atomic E-state index is -4.42. The second kappa shape index (κ2) is 9.78. The molecular weight excluding hydrogens is 437 g/mol. The number of ether oxygens (including phenoxy) is 1. The average Bonchev–Trinajstić information content (AvgIpc) is 3.23. The molecule has 0 saturated carbocycles. The molecule has 1 atom stereocenters. The van der Waals surface area contributed by atoms with Gasteiger partial charge in [0.1, 0.15) is 11.9 Å². The molecule has 2 aliphatic rings. The first-order valence-electron chi connectivity index (χ1n) is 10.9. The van der Waals surface area contributed by atoms with E-state index in [-0.39, 0.29) is 11.8 Å². The van der Waals surface area contributed by atoms with Gasteiger partial charge in [0.05, 0.1) is 5.56 Å². The van der Waals surface area contributed by atoms with Crippen molar-refractivity contribution in [2.45, 2.75) is 31.5 Å². The summed E-state index contributed by atoms with van der Waals surface area (Å²) in [5, 5.41) is 2.81. The zero-order valence-corrected chi connectivity index (χ0v) is 18.0. The molecule has 0 bridgehead atoms. The maximum absolute atomic E-state index is 13.1. The quantitative estimate of drug-likeness (QED) is 0.752. The van der Waals surface area contributed by atoms with Crippen LogP contribution in [0.15, 0.2) is 42.6 Å². The minimum absolute atomic E-state index is 0.162. The molecule has 2 aromatic rings. The van der Waals surface area contributed by atoms with Crippen LogP contribution in [-0.4, -0.2) is 60.6 Å². The molecule has 1 unspecified atom stereocenters. The van der Waals surface area contributed by atoms with Crippen molar-refractivity contribution in [2.75, 3.05) is 43.0 Å². The molecule has 2 fully saturated rings. The second-order valence-corrected chi connectivity index (χ2v) is 8.11. The number of carbonyl (C=O) groups is 2. The summed E-state index contributed by atoms with van der Waals surface area (Å²) in [4.78, 5) is 32.9. The summed E-state index contributed by atoms with van der Waals surface area (Å²) >= 11 is 0. The van der Waals surface area contributed by atoms with Crippen LogP contribution in [0.3, 0.4) is 0 Å². The van der Waals surface area contributed by atoms with Gasteiger partial charge < -0.3 is 19.9 Å². The van der Waals surface area contributed by atoms with Crippen molar-refractivity contribution in [3.05, 3.63) is 53.7 Å². The molecule has 0 spiro atoms. The molecular formula is C23H25F3N4O3. The molecule has 1 aromatic carbocycles. The topological polar surface area (TPSA) is 74.8 Å². The van der Waals surface area contributed by atoms with Gasteiger partial charge in [-0.2, -0.15) is 13.2 Å². The van der Waals surface area contributed by atoms with Crippen molar-refractivity contribution in [1.29, 1.82) is 0 Å². The van der Waals surface area contributed by atoms with Gasteiger partial charge in [0, 0.05) is 50.2 Å². The number of carbonyl (C=O) groups excluding carboxylic acids is 2. The largest absolute Gasteiger partial charge is 0.417 e. The number of hydrogen-bond donors (Lipinski definition) is 1. The third kappa shape index (κ3) is 5.62. The van der Waals surface area contributed by atoms with E-state index in [0.717, 1.165) is 18.7 Å². The number of amides is 2. The third-order valence-corrected chi connectivity index (χ3v) is 5.78. The monoisotopic (exact) mass is 462 g/mol. The van der Waals surface area contributed by atoms with E-state index in [9.17, 15) is 22.8 Å². The third-order valence-electron chi connectivity index (χ3n) is 5.78. The second-order valence-electron chi connectivity index (χ2n) is 8.11. The molecule has 10 heteroatoms. The highest BCUT2D eigenvalue weighted by Crippen LogP contribution is 2.29. The highest BCUT2D eigenvalue weighted by molar-refractivity contribution is 5.98. The maximum atomic E-state index is 13.1. The number of nitrogens with zero attached hydrogens (tertiary/aromatic N) is 3. The van der Waals surface area contributed by atoms with Crippen molar-refractivity contribution in [2.24, 2.45) is 0 Å². The zero-order chi connectivity index (χ0) is 23.4. The van der Waals surface area contributed by atoms with Crippen LogP contribution in [0.4, 0.5) is 24.7 Å². The number of rotatable bonds is 4. The molecule has 1 N–H and O–H groups in total. The molecule has 1 aromatic heterocycles. The summed E-state index contributed by atoms with van der Waals surface area (Å²) in [7, 11) is 0. The number of pyridine rings is 1. The zero-order valence-electron chi connectivity index (χ0n) is 18.0. The van der Waals surface area contributed by atoms with Gasteiger partial charge >= 0.3 is 6.18 Å². The Hall–Kier alpha value is -3.14. The van der Waals surface area contributed by atoms with E-state index in [0.29, 0.717) is 62.7 Å². The van der Waals surface area contributed by atoms with E-state index in [4.69, 9.17) is 4.74 Å². The summed E-state index contributed by atoms with van der Waals surface area (Å²) < 4.78 is 43.7. The fourth-order valence-corrected chi connectivity index (χ4v) is 4.01. The Morgan fingerprint density at radius 2 is 1.91 bits per heavy atom. The summed E-state index contributed by atoms with van der Waals surface area (Å²) in [6, 6.07) is 9.17. The summed E-state index contributed by atoms with van der Waals surface area (Å²) in [5.74, 6) is 0.0770. The van der Waals surface area contributed by atoms with Crippen LogP contribution < -0.4 is 10.2 Å². The number of aromatic nitrogens is 1. The highest BCUT2D eigenvalue weighted by atomic mass is 19.4. The Bertz CT molecular complexity index is 991. The van der Waals surface area contributed by atoms with Gasteiger partial charge in [-0.25, -0.2) is 4.98 Å². The van der Waals surface area contributed by atoms with E-state index in [1.165, 1.54) is 6.07 Å². The van der Waals surface area contributed by atoms with Crippen LogP contribution in [0.5, 0.6) is 0 Å². The van der Waals surface area contributed by atoms with E-state index < -0.39 is 17.8 Å². The molecule has 176 valence electrons. The molecule has 0 radical (unpaired) electrons. The predicted octanol–water partition coefficient (Wildman–Crippen LogP) is 3.57. The number of benzene rings is 1. The van der Waals surface area contributed by atoms with Crippen LogP contribution in [0.2, 0.25) is 0 Å². The van der Waals surface area contributed by atoms with Gasteiger partial charge in [-0.3, -0.25) is 9.59 Å². The van der Waals surface area contributed by atoms with Crippen molar-refractivity contribution >= 4 is 23.3 Å². The first kappa shape index (κ1) is 23.0. The van der Waals surface area contributed by atoms with Gasteiger partial charge in [0.15, 0.2) is 0 Å². The molecule has 4 rings (SSSR count). The molecule has 2 amide bonds. The van der Waals surface area contributed by atoms with Crippen molar-refractivity contribution in [3.8, 4) is 0 Å². The number of hydrogen-bond acceptors (Lipinski definition) is 5. The van der Waals surface area contributed by atoms with Gasteiger partial charge in [0.2, 0.25) is 0 Å². The first-order chi connectivity index (χ1) is 15.8. The summed E-state index contributed by atoms with van der Waals surface area (Å²) in [6.45, 7) is 2.54. The lowest BCUT2D eigenvalue weighted by Crippen LogP contribution is -2.35. The van der Waals surface area contributed by atoms with Gasteiger partial charge in [0.25, 0.3) is 11.8 Å². The Kier molecular flexibility index (Phi) is 6.83. The van der Waals surface area contributed by atoms with Crippen molar-refractivity contribution < 1.29 is 27.5 Å². The van der Waals surface area contributed by atoms with Crippen molar-refractivity contribution in [3.63, 3.8) is 0 Å². The average molecular weight is 462 g/mol. The predicted molar refractivity (Wildman–Crippen MR) is 116 cm³/mol. The Morgan fingerprint density at radius 3 is 2.61 bits per heavy atom. The normalized spacial score (nSPS) is 19.3. The molecule has 2 saturated heterocycles. The van der Waals surface area contributed by atoms with Crippen LogP contribution in [-0.2, 0) is 15.7 Å². The van der Waals surface area contributed by atoms with Crippen LogP contribution >= 0.6 is 0 Å². The molecule has 0 aliphatic carbocycles. The van der Waals surface area contributed by atoms with E-state index in [1.54, 1.807) is 29.2 Å². The van der Waals surface area contributed by atoms with Gasteiger partial charge in [-0.1, -0.05) is 6.07 Å². The lowest BCUT2D eigenvalue weighted by atomic mass is 10.1. The SMILES string of the molecule is O=C(Nc1cccc(C(=O)N2CCCN(c3ccc(C(F)(F)F)cn3)CC2)c1)C1CCCO1. The van der Waals surface area contributed by atoms with Crippen molar-refractivity contribution in [1.82, 2.24) is 9.88 Å². The van der Waals surface area contributed by atoms with E-state index >= 15 is 0 Å². The lowest BCUT2D eigenvalue weighted by molar-refractivity contribution is -0.137. The standard InChI is InChI=1S/C23H25F3N4O3/c24-23(25,26)17-7-8-20(27-15-17)29-9-3-10-30(12-11-29)22(32)16-4-1-5-18(14-16)28-21(31)19-6-2-13-33-19/h1,4-5,7-8,14-15,19H,2-3,6,9-13H2,(H,28,31). The number of halogens is 3. The highest BCUT2D eigenvalue weighted by Gasteiger charge is 2.31. The summed E-state index contributed by atoms with van der Waals surface area (Å²) in [6.07, 6.45) is -1.86. The number of anilines is 2. The lowest BCUT2D eigenvalue weighted by Gasteiger charge is -2.23. The molecule has 33 heavy (non-hydrogen) atoms. The van der Waals surface area contributed by atoms with Crippen LogP contribution in [0.25, 0.3) is 0 Å². The van der Waals surface area contributed by atoms with Crippen LogP contribution in [0, 0.1) is 0 Å². The Morgan fingerprint density at radius 1 is 1.06 bits per heavy atom. The summed E-state index contributed by atoms with van der Waals surface area (Å²) in [5.41, 5.74) is 0.206. The molecule has 3 heterocycles. The van der Waals surface area contributed by atoms with E-state index in [1.807, 2.05) is 4.90 Å². The Balaban J connectivity index is 1.38. The van der Waals surface area contributed by atoms with Gasteiger partial charge in [-0.15, -0.1) is 0 Å². The van der Waals surface area contributed by atoms with E-state index in [2.05, 4.69) is 10.3 Å². The Labute approximate surface area is 189 Å². The minimum Gasteiger partial charge on any atom is -0.368 e. The van der Waals surface area contributed by atoms with Crippen LogP contribution in [0.1, 0.15) is 35.2 Å². The fraction of sp³-hybridized carbons (Fsp3) is 0.435. The number of alkyl halides is 3. The fourth-order valence-electron chi connectivity index (χ4n) is 4.01. The first-order valence-corrected chi connectivity index (χ1v) is 10.9. The smallest absolute Gasteiger partial charge is 0.368 e.